The van der Waals surface area contributed by atoms with Crippen molar-refractivity contribution in [3.8, 4) is 10.8 Å². The zero-order chi connectivity index (χ0) is 18.4. The molecule has 0 fully saturated rings. The highest BCUT2D eigenvalue weighted by molar-refractivity contribution is 7.13. The molecule has 6 heteroatoms. The van der Waals surface area contributed by atoms with Crippen LogP contribution in [0.4, 0.5) is 5.69 Å². The van der Waals surface area contributed by atoms with Crippen molar-refractivity contribution >= 4 is 22.9 Å². The topological polar surface area (TPSA) is 58.4 Å². The van der Waals surface area contributed by atoms with Crippen LogP contribution in [0.5, 0.6) is 0 Å². The van der Waals surface area contributed by atoms with Crippen LogP contribution in [0.15, 0.2) is 52.5 Å². The molecule has 0 bridgehead atoms. The first kappa shape index (κ1) is 18.2. The molecule has 0 unspecified atom stereocenters. The van der Waals surface area contributed by atoms with Gasteiger partial charge in [0.05, 0.1) is 18.4 Å². The van der Waals surface area contributed by atoms with E-state index in [9.17, 15) is 4.79 Å². The zero-order valence-corrected chi connectivity index (χ0v) is 15.9. The lowest BCUT2D eigenvalue weighted by atomic mass is 10.2. The number of thiazole rings is 1. The SMILES string of the molecule is CCN(CCNC(=O)Cc1csc(-c2ccco2)n1)c1cccc(C)c1. The van der Waals surface area contributed by atoms with Crippen LogP contribution in [0.2, 0.25) is 0 Å². The molecule has 26 heavy (non-hydrogen) atoms. The third-order valence-corrected chi connectivity index (χ3v) is 4.98. The van der Waals surface area contributed by atoms with E-state index in [0.29, 0.717) is 6.54 Å². The molecule has 1 N–H and O–H groups in total. The summed E-state index contributed by atoms with van der Waals surface area (Å²) in [6.45, 7) is 6.49. The second kappa shape index (κ2) is 8.67. The first-order chi connectivity index (χ1) is 12.7. The molecule has 0 atom stereocenters. The Morgan fingerprint density at radius 1 is 1.31 bits per heavy atom. The second-order valence-corrected chi connectivity index (χ2v) is 6.92. The summed E-state index contributed by atoms with van der Waals surface area (Å²) in [4.78, 5) is 18.9. The fourth-order valence-electron chi connectivity index (χ4n) is 2.75. The summed E-state index contributed by atoms with van der Waals surface area (Å²) in [5.41, 5.74) is 3.19. The van der Waals surface area contributed by atoms with Crippen LogP contribution in [0, 0.1) is 6.92 Å². The number of hydrogen-bond acceptors (Lipinski definition) is 5. The van der Waals surface area contributed by atoms with E-state index in [1.165, 1.54) is 22.6 Å². The number of nitrogens with zero attached hydrogens (tertiary/aromatic N) is 2. The molecular formula is C20H23N3O2S. The van der Waals surface area contributed by atoms with Gasteiger partial charge in [0.1, 0.15) is 0 Å². The van der Waals surface area contributed by atoms with Gasteiger partial charge in [0.2, 0.25) is 5.91 Å². The van der Waals surface area contributed by atoms with Gasteiger partial charge in [0.25, 0.3) is 0 Å². The van der Waals surface area contributed by atoms with Crippen molar-refractivity contribution in [1.82, 2.24) is 10.3 Å². The third-order valence-electron chi connectivity index (χ3n) is 4.08. The molecule has 0 aliphatic carbocycles. The standard InChI is InChI=1S/C20H23N3O2S/c1-3-23(17-7-4-6-15(2)12-17)10-9-21-19(24)13-16-14-26-20(22-16)18-8-5-11-25-18/h4-8,11-12,14H,3,9-10,13H2,1-2H3,(H,21,24). The van der Waals surface area contributed by atoms with E-state index in [4.69, 9.17) is 4.42 Å². The first-order valence-corrected chi connectivity index (χ1v) is 9.60. The molecule has 1 aromatic carbocycles. The maximum Gasteiger partial charge on any atom is 0.226 e. The minimum absolute atomic E-state index is 0.0124. The maximum absolute atomic E-state index is 12.2. The van der Waals surface area contributed by atoms with E-state index in [1.807, 2.05) is 17.5 Å². The number of carbonyl (C=O) groups excluding carboxylic acids is 1. The molecule has 0 aliphatic rings. The van der Waals surface area contributed by atoms with Crippen LogP contribution in [0.1, 0.15) is 18.2 Å². The number of amides is 1. The van der Waals surface area contributed by atoms with Crippen LogP contribution >= 0.6 is 11.3 Å². The Morgan fingerprint density at radius 3 is 2.92 bits per heavy atom. The Bertz CT molecular complexity index is 842. The molecule has 0 aliphatic heterocycles. The fraction of sp³-hybridized carbons (Fsp3) is 0.300. The van der Waals surface area contributed by atoms with Crippen LogP contribution < -0.4 is 10.2 Å². The Balaban J connectivity index is 1.48. The highest BCUT2D eigenvalue weighted by Gasteiger charge is 2.11. The summed E-state index contributed by atoms with van der Waals surface area (Å²) in [5, 5.41) is 5.69. The Labute approximate surface area is 157 Å². The van der Waals surface area contributed by atoms with Gasteiger partial charge in [0, 0.05) is 30.7 Å². The summed E-state index contributed by atoms with van der Waals surface area (Å²) < 4.78 is 5.33. The lowest BCUT2D eigenvalue weighted by Gasteiger charge is -2.23. The van der Waals surface area contributed by atoms with Gasteiger partial charge in [-0.3, -0.25) is 4.79 Å². The quantitative estimate of drug-likeness (QED) is 0.654. The van der Waals surface area contributed by atoms with E-state index in [1.54, 1.807) is 6.26 Å². The van der Waals surface area contributed by atoms with Gasteiger partial charge in [-0.05, 0) is 43.7 Å². The van der Waals surface area contributed by atoms with Gasteiger partial charge in [0.15, 0.2) is 10.8 Å². The van der Waals surface area contributed by atoms with Gasteiger partial charge in [-0.25, -0.2) is 4.98 Å². The number of aryl methyl sites for hydroxylation is 1. The van der Waals surface area contributed by atoms with Crippen molar-refractivity contribution in [1.29, 1.82) is 0 Å². The summed E-state index contributed by atoms with van der Waals surface area (Å²) in [5.74, 6) is 0.722. The number of likely N-dealkylation sites (N-methyl/N-ethyl adjacent to an activating group) is 1. The highest BCUT2D eigenvalue weighted by Crippen LogP contribution is 2.24. The van der Waals surface area contributed by atoms with Crippen LogP contribution in [-0.2, 0) is 11.2 Å². The predicted molar refractivity (Wildman–Crippen MR) is 106 cm³/mol. The molecule has 0 spiro atoms. The monoisotopic (exact) mass is 369 g/mol. The van der Waals surface area contributed by atoms with Crippen LogP contribution in [0.25, 0.3) is 10.8 Å². The second-order valence-electron chi connectivity index (χ2n) is 6.07. The number of nitrogens with one attached hydrogen (secondary N) is 1. The Morgan fingerprint density at radius 2 is 2.19 bits per heavy atom. The third kappa shape index (κ3) is 4.73. The summed E-state index contributed by atoms with van der Waals surface area (Å²) >= 11 is 1.49. The zero-order valence-electron chi connectivity index (χ0n) is 15.1. The number of hydrogen-bond donors (Lipinski definition) is 1. The average molecular weight is 369 g/mol. The molecule has 2 aromatic heterocycles. The number of aromatic nitrogens is 1. The number of furan rings is 1. The smallest absolute Gasteiger partial charge is 0.226 e. The van der Waals surface area contributed by atoms with E-state index in [0.717, 1.165) is 29.6 Å². The Kier molecular flexibility index (Phi) is 6.07. The summed E-state index contributed by atoms with van der Waals surface area (Å²) in [6, 6.07) is 12.1. The van der Waals surface area contributed by atoms with Crippen LogP contribution in [0.3, 0.4) is 0 Å². The number of benzene rings is 1. The molecule has 3 rings (SSSR count). The molecule has 136 valence electrons. The van der Waals surface area contributed by atoms with Gasteiger partial charge in [-0.2, -0.15) is 0 Å². The molecule has 3 aromatic rings. The van der Waals surface area contributed by atoms with Crippen molar-refractivity contribution in [3.63, 3.8) is 0 Å². The summed E-state index contributed by atoms with van der Waals surface area (Å²) in [6.07, 6.45) is 1.91. The lowest BCUT2D eigenvalue weighted by Crippen LogP contribution is -2.35. The summed E-state index contributed by atoms with van der Waals surface area (Å²) in [7, 11) is 0. The van der Waals surface area contributed by atoms with Gasteiger partial charge in [-0.1, -0.05) is 12.1 Å². The van der Waals surface area contributed by atoms with E-state index < -0.39 is 0 Å². The van der Waals surface area contributed by atoms with Gasteiger partial charge < -0.3 is 14.6 Å². The number of rotatable bonds is 8. The fourth-order valence-corrected chi connectivity index (χ4v) is 3.54. The van der Waals surface area contributed by atoms with Crippen molar-refractivity contribution < 1.29 is 9.21 Å². The number of carbonyl (C=O) groups is 1. The van der Waals surface area contributed by atoms with Gasteiger partial charge >= 0.3 is 0 Å². The minimum atomic E-state index is -0.0124. The van der Waals surface area contributed by atoms with E-state index in [-0.39, 0.29) is 12.3 Å². The van der Waals surface area contributed by atoms with E-state index >= 15 is 0 Å². The van der Waals surface area contributed by atoms with Crippen LogP contribution in [-0.4, -0.2) is 30.5 Å². The molecule has 0 radical (unpaired) electrons. The van der Waals surface area contributed by atoms with Crippen molar-refractivity contribution in [2.75, 3.05) is 24.5 Å². The van der Waals surface area contributed by atoms with Crippen molar-refractivity contribution in [3.05, 3.63) is 59.3 Å². The number of anilines is 1. The minimum Gasteiger partial charge on any atom is -0.462 e. The molecular weight excluding hydrogens is 346 g/mol. The van der Waals surface area contributed by atoms with Gasteiger partial charge in [-0.15, -0.1) is 11.3 Å². The van der Waals surface area contributed by atoms with Crippen molar-refractivity contribution in [2.24, 2.45) is 0 Å². The molecule has 5 nitrogen and oxygen atoms in total. The Hall–Kier alpha value is -2.60. The van der Waals surface area contributed by atoms with E-state index in [2.05, 4.69) is 53.3 Å². The average Bonchev–Trinajstić information content (AvgIpc) is 3.30. The maximum atomic E-state index is 12.2. The largest absolute Gasteiger partial charge is 0.462 e. The van der Waals surface area contributed by atoms with Crippen molar-refractivity contribution in [2.45, 2.75) is 20.3 Å². The lowest BCUT2D eigenvalue weighted by molar-refractivity contribution is -0.120. The molecule has 1 amide bonds. The molecule has 2 heterocycles. The first-order valence-electron chi connectivity index (χ1n) is 8.72. The molecule has 0 saturated carbocycles. The normalized spacial score (nSPS) is 10.7. The highest BCUT2D eigenvalue weighted by atomic mass is 32.1. The molecule has 0 saturated heterocycles. The predicted octanol–water partition coefficient (Wildman–Crippen LogP) is 3.90.